The average Bonchev–Trinajstić information content (AvgIpc) is 2.82. The summed E-state index contributed by atoms with van der Waals surface area (Å²) in [6, 6.07) is 11.6. The van der Waals surface area contributed by atoms with Gasteiger partial charge in [-0.05, 0) is 50.3 Å². The molecule has 3 rings (SSSR count). The summed E-state index contributed by atoms with van der Waals surface area (Å²) in [6.45, 7) is 5.22. The van der Waals surface area contributed by atoms with Gasteiger partial charge in [-0.1, -0.05) is 56.2 Å². The van der Waals surface area contributed by atoms with E-state index in [9.17, 15) is 9.50 Å². The molecule has 0 saturated heterocycles. The first-order chi connectivity index (χ1) is 16.1. The molecule has 0 bridgehead atoms. The van der Waals surface area contributed by atoms with E-state index in [0.717, 1.165) is 55.0 Å². The van der Waals surface area contributed by atoms with Crippen molar-refractivity contribution in [1.82, 2.24) is 9.97 Å². The van der Waals surface area contributed by atoms with Crippen LogP contribution in [0.3, 0.4) is 0 Å². The molecule has 33 heavy (non-hydrogen) atoms. The summed E-state index contributed by atoms with van der Waals surface area (Å²) in [7, 11) is 0. The van der Waals surface area contributed by atoms with Crippen LogP contribution in [0.25, 0.3) is 28.6 Å². The van der Waals surface area contributed by atoms with Crippen molar-refractivity contribution in [1.29, 1.82) is 0 Å². The van der Waals surface area contributed by atoms with Crippen LogP contribution in [0.1, 0.15) is 57.9 Å². The monoisotopic (exact) mass is 448 g/mol. The predicted octanol–water partition coefficient (Wildman–Crippen LogP) is 7.43. The third-order valence-electron chi connectivity index (χ3n) is 5.52. The van der Waals surface area contributed by atoms with Gasteiger partial charge in [-0.3, -0.25) is 0 Å². The number of ether oxygens (including phenoxy) is 1. The van der Waals surface area contributed by atoms with Gasteiger partial charge in [0, 0.05) is 41.8 Å². The molecular weight excluding hydrogens is 415 g/mol. The Hall–Kier alpha value is -3.05. The van der Waals surface area contributed by atoms with Crippen LogP contribution >= 0.6 is 0 Å². The first-order valence-corrected chi connectivity index (χ1v) is 11.8. The second kappa shape index (κ2) is 12.9. The molecule has 1 unspecified atom stereocenters. The summed E-state index contributed by atoms with van der Waals surface area (Å²) < 4.78 is 19.9. The van der Waals surface area contributed by atoms with Gasteiger partial charge >= 0.3 is 0 Å². The van der Waals surface area contributed by atoms with Crippen LogP contribution in [0.2, 0.25) is 0 Å². The minimum absolute atomic E-state index is 0.0863. The third-order valence-corrected chi connectivity index (χ3v) is 5.52. The van der Waals surface area contributed by atoms with Crippen LogP contribution in [-0.2, 0) is 4.74 Å². The summed E-state index contributed by atoms with van der Waals surface area (Å²) in [5, 5.41) is 9.38. The molecule has 0 spiro atoms. The maximum Gasteiger partial charge on any atom is 0.159 e. The van der Waals surface area contributed by atoms with Gasteiger partial charge in [-0.2, -0.15) is 0 Å². The molecule has 0 aliphatic heterocycles. The summed E-state index contributed by atoms with van der Waals surface area (Å²) in [5.41, 5.74) is 3.00. The van der Waals surface area contributed by atoms with Crippen molar-refractivity contribution in [3.05, 3.63) is 72.3 Å². The number of phenolic OH excluding ortho intramolecular Hbond substituents is 1. The Balaban J connectivity index is 1.48. The highest BCUT2D eigenvalue weighted by molar-refractivity contribution is 5.68. The van der Waals surface area contributed by atoms with Crippen molar-refractivity contribution < 1.29 is 14.2 Å². The number of aromatic nitrogens is 2. The molecule has 174 valence electrons. The van der Waals surface area contributed by atoms with Gasteiger partial charge < -0.3 is 9.84 Å². The molecule has 1 N–H and O–H groups in total. The lowest BCUT2D eigenvalue weighted by atomic mass is 10.0. The third kappa shape index (κ3) is 7.79. The molecule has 1 aromatic heterocycles. The fourth-order valence-electron chi connectivity index (χ4n) is 3.57. The van der Waals surface area contributed by atoms with Crippen LogP contribution in [-0.4, -0.2) is 27.8 Å². The minimum Gasteiger partial charge on any atom is -0.508 e. The minimum atomic E-state index is -0.455. The van der Waals surface area contributed by atoms with Crippen LogP contribution in [0.15, 0.2) is 60.9 Å². The van der Waals surface area contributed by atoms with E-state index >= 15 is 0 Å². The Bertz CT molecular complexity index is 1020. The van der Waals surface area contributed by atoms with E-state index in [-0.39, 0.29) is 5.75 Å². The summed E-state index contributed by atoms with van der Waals surface area (Å²) in [4.78, 5) is 8.93. The molecule has 1 heterocycles. The number of phenols is 1. The van der Waals surface area contributed by atoms with Crippen molar-refractivity contribution in [3.8, 4) is 28.3 Å². The highest BCUT2D eigenvalue weighted by Crippen LogP contribution is 2.27. The average molecular weight is 449 g/mol. The first-order valence-electron chi connectivity index (χ1n) is 11.8. The number of hydrogen-bond donors (Lipinski definition) is 1. The molecule has 5 heteroatoms. The molecule has 2 aromatic carbocycles. The molecule has 0 fully saturated rings. The number of unbranched alkanes of at least 4 members (excludes halogenated alkanes) is 3. The molecule has 3 aromatic rings. The zero-order chi connectivity index (χ0) is 23.5. The molecule has 4 nitrogen and oxygen atoms in total. The highest BCUT2D eigenvalue weighted by Gasteiger charge is 2.07. The lowest BCUT2D eigenvalue weighted by molar-refractivity contribution is 0.0566. The predicted molar refractivity (Wildman–Crippen MR) is 132 cm³/mol. The summed E-state index contributed by atoms with van der Waals surface area (Å²) >= 11 is 0. The second-order valence-corrected chi connectivity index (χ2v) is 8.30. The van der Waals surface area contributed by atoms with Crippen molar-refractivity contribution in [2.75, 3.05) is 6.61 Å². The quantitative estimate of drug-likeness (QED) is 0.293. The highest BCUT2D eigenvalue weighted by atomic mass is 19.1. The number of aromatic hydroxyl groups is 1. The van der Waals surface area contributed by atoms with Crippen LogP contribution in [0.5, 0.6) is 5.75 Å². The normalized spacial score (nSPS) is 12.3. The van der Waals surface area contributed by atoms with Gasteiger partial charge in [0.1, 0.15) is 11.6 Å². The summed E-state index contributed by atoms with van der Waals surface area (Å²) in [6.07, 6.45) is 14.9. The van der Waals surface area contributed by atoms with Gasteiger partial charge in [-0.15, -0.1) is 0 Å². The Morgan fingerprint density at radius 2 is 1.73 bits per heavy atom. The van der Waals surface area contributed by atoms with Crippen LogP contribution in [0, 0.1) is 5.82 Å². The number of nitrogens with zero attached hydrogens (tertiary/aromatic N) is 2. The van der Waals surface area contributed by atoms with E-state index in [0.29, 0.717) is 17.5 Å². The number of benzene rings is 2. The van der Waals surface area contributed by atoms with E-state index in [4.69, 9.17) is 4.74 Å². The standard InChI is InChI=1S/C28H33FN2O2/c1-3-4-8-17-33-21(2)9-6-5-7-10-22-19-30-28(31-20-22)24-13-11-23(12-14-24)26-16-15-25(32)18-27(26)29/h7,10-16,18-21,32H,3-6,8-9,17H2,1-2H3/b10-7+. The zero-order valence-corrected chi connectivity index (χ0v) is 19.5. The van der Waals surface area contributed by atoms with Crippen LogP contribution < -0.4 is 0 Å². The van der Waals surface area contributed by atoms with Crippen LogP contribution in [0.4, 0.5) is 4.39 Å². The first kappa shape index (κ1) is 24.6. The molecule has 1 atom stereocenters. The van der Waals surface area contributed by atoms with Gasteiger partial charge in [0.25, 0.3) is 0 Å². The second-order valence-electron chi connectivity index (χ2n) is 8.30. The smallest absolute Gasteiger partial charge is 0.159 e. The van der Waals surface area contributed by atoms with Crippen molar-refractivity contribution in [3.63, 3.8) is 0 Å². The molecular formula is C28H33FN2O2. The molecule has 0 aliphatic carbocycles. The number of allylic oxidation sites excluding steroid dienone is 1. The lowest BCUT2D eigenvalue weighted by Crippen LogP contribution is -2.08. The van der Waals surface area contributed by atoms with Gasteiger partial charge in [0.15, 0.2) is 5.82 Å². The number of halogens is 1. The number of rotatable bonds is 12. The Kier molecular flexibility index (Phi) is 9.58. The van der Waals surface area contributed by atoms with E-state index in [1.807, 2.05) is 42.7 Å². The number of hydrogen-bond acceptors (Lipinski definition) is 4. The van der Waals surface area contributed by atoms with Gasteiger partial charge in [0.05, 0.1) is 6.10 Å². The Morgan fingerprint density at radius 1 is 1.00 bits per heavy atom. The summed E-state index contributed by atoms with van der Waals surface area (Å²) in [5.74, 6) is 0.0832. The van der Waals surface area contributed by atoms with E-state index < -0.39 is 5.82 Å². The fourth-order valence-corrected chi connectivity index (χ4v) is 3.57. The SMILES string of the molecule is CCCCCOC(C)CCC/C=C/c1cnc(-c2ccc(-c3ccc(O)cc3F)cc2)nc1. The maximum absolute atomic E-state index is 14.1. The fraction of sp³-hybridized carbons (Fsp3) is 0.357. The maximum atomic E-state index is 14.1. The van der Waals surface area contributed by atoms with Crippen molar-refractivity contribution in [2.45, 2.75) is 58.5 Å². The Labute approximate surface area is 196 Å². The van der Waals surface area contributed by atoms with Crippen molar-refractivity contribution >= 4 is 6.08 Å². The zero-order valence-electron chi connectivity index (χ0n) is 19.5. The Morgan fingerprint density at radius 3 is 2.42 bits per heavy atom. The van der Waals surface area contributed by atoms with E-state index in [1.54, 1.807) is 6.07 Å². The van der Waals surface area contributed by atoms with E-state index in [2.05, 4.69) is 29.9 Å². The molecule has 0 radical (unpaired) electrons. The van der Waals surface area contributed by atoms with Gasteiger partial charge in [0.2, 0.25) is 0 Å². The topological polar surface area (TPSA) is 55.2 Å². The molecule has 0 amide bonds. The van der Waals surface area contributed by atoms with Gasteiger partial charge in [-0.25, -0.2) is 14.4 Å². The largest absolute Gasteiger partial charge is 0.508 e. The van der Waals surface area contributed by atoms with E-state index in [1.165, 1.54) is 18.9 Å². The van der Waals surface area contributed by atoms with Crippen molar-refractivity contribution in [2.24, 2.45) is 0 Å². The molecule has 0 aliphatic rings. The molecule has 0 saturated carbocycles. The lowest BCUT2D eigenvalue weighted by Gasteiger charge is -2.11.